The van der Waals surface area contributed by atoms with Crippen molar-refractivity contribution >= 4 is 5.82 Å². The molecule has 0 amide bonds. The summed E-state index contributed by atoms with van der Waals surface area (Å²) < 4.78 is 0. The van der Waals surface area contributed by atoms with Crippen molar-refractivity contribution in [3.8, 4) is 0 Å². The summed E-state index contributed by atoms with van der Waals surface area (Å²) in [6, 6.07) is 2.61. The van der Waals surface area contributed by atoms with Crippen molar-refractivity contribution in [3.63, 3.8) is 0 Å². The minimum Gasteiger partial charge on any atom is -0.384 e. The second-order valence-corrected chi connectivity index (χ2v) is 6.32. The lowest BCUT2D eigenvalue weighted by Gasteiger charge is -2.45. The standard InChI is InChI=1S/C15H25N5/c1-11-8-14(16)18-15(17-11)10-20-7-5-13-12(9-20)4-3-6-19(13)2/h8,12-13H,3-7,9-10H2,1-2H3,(H2,16,17,18). The SMILES string of the molecule is Cc1cc(N)nc(CN2CCC3C(CCCN3C)C2)n1. The minimum absolute atomic E-state index is 0.583. The first kappa shape index (κ1) is 13.8. The number of fused-ring (bicyclic) bond motifs is 1. The van der Waals surface area contributed by atoms with Crippen LogP contribution in [0.5, 0.6) is 0 Å². The number of hydrogen-bond donors (Lipinski definition) is 1. The summed E-state index contributed by atoms with van der Waals surface area (Å²) in [5.41, 5.74) is 6.77. The molecule has 3 heterocycles. The summed E-state index contributed by atoms with van der Waals surface area (Å²) >= 11 is 0. The zero-order valence-electron chi connectivity index (χ0n) is 12.5. The Labute approximate surface area is 121 Å². The normalized spacial score (nSPS) is 28.3. The molecule has 0 radical (unpaired) electrons. The number of nitrogen functional groups attached to an aromatic ring is 1. The van der Waals surface area contributed by atoms with Gasteiger partial charge in [0.15, 0.2) is 0 Å². The van der Waals surface area contributed by atoms with Gasteiger partial charge in [-0.3, -0.25) is 4.90 Å². The zero-order chi connectivity index (χ0) is 14.1. The van der Waals surface area contributed by atoms with Crippen LogP contribution in [-0.4, -0.2) is 52.5 Å². The molecule has 2 N–H and O–H groups in total. The second-order valence-electron chi connectivity index (χ2n) is 6.32. The number of rotatable bonds is 2. The van der Waals surface area contributed by atoms with Crippen LogP contribution in [-0.2, 0) is 6.54 Å². The molecule has 2 aliphatic heterocycles. The average molecular weight is 275 g/mol. The van der Waals surface area contributed by atoms with Crippen LogP contribution >= 0.6 is 0 Å². The maximum atomic E-state index is 5.81. The molecule has 0 saturated carbocycles. The van der Waals surface area contributed by atoms with Gasteiger partial charge in [0, 0.05) is 30.9 Å². The summed E-state index contributed by atoms with van der Waals surface area (Å²) in [5.74, 6) is 2.26. The molecular weight excluding hydrogens is 250 g/mol. The highest BCUT2D eigenvalue weighted by Gasteiger charge is 2.34. The average Bonchev–Trinajstić information content (AvgIpc) is 2.37. The van der Waals surface area contributed by atoms with Gasteiger partial charge in [-0.2, -0.15) is 0 Å². The lowest BCUT2D eigenvalue weighted by Crippen LogP contribution is -2.52. The van der Waals surface area contributed by atoms with Crippen LogP contribution in [0.2, 0.25) is 0 Å². The number of nitrogens with zero attached hydrogens (tertiary/aromatic N) is 4. The number of piperidine rings is 2. The monoisotopic (exact) mass is 275 g/mol. The molecule has 0 aromatic carbocycles. The molecule has 3 rings (SSSR count). The van der Waals surface area contributed by atoms with E-state index in [4.69, 9.17) is 5.73 Å². The number of nitrogens with two attached hydrogens (primary N) is 1. The van der Waals surface area contributed by atoms with E-state index in [2.05, 4.69) is 26.8 Å². The lowest BCUT2D eigenvalue weighted by atomic mass is 9.84. The number of aromatic nitrogens is 2. The highest BCUT2D eigenvalue weighted by atomic mass is 15.2. The molecule has 110 valence electrons. The van der Waals surface area contributed by atoms with Crippen molar-refractivity contribution < 1.29 is 0 Å². The molecule has 2 aliphatic rings. The molecule has 1 aromatic rings. The highest BCUT2D eigenvalue weighted by Crippen LogP contribution is 2.29. The van der Waals surface area contributed by atoms with E-state index in [0.29, 0.717) is 5.82 Å². The van der Waals surface area contributed by atoms with Crippen LogP contribution in [0, 0.1) is 12.8 Å². The number of anilines is 1. The molecular formula is C15H25N5. The Kier molecular flexibility index (Phi) is 3.89. The molecule has 2 unspecified atom stereocenters. The van der Waals surface area contributed by atoms with Gasteiger partial charge >= 0.3 is 0 Å². The van der Waals surface area contributed by atoms with E-state index in [1.807, 2.05) is 13.0 Å². The summed E-state index contributed by atoms with van der Waals surface area (Å²) in [4.78, 5) is 13.9. The minimum atomic E-state index is 0.583. The Morgan fingerprint density at radius 2 is 2.15 bits per heavy atom. The van der Waals surface area contributed by atoms with Gasteiger partial charge in [-0.1, -0.05) is 0 Å². The van der Waals surface area contributed by atoms with Crippen molar-refractivity contribution in [1.29, 1.82) is 0 Å². The van der Waals surface area contributed by atoms with Crippen LogP contribution < -0.4 is 5.73 Å². The Morgan fingerprint density at radius 1 is 1.30 bits per heavy atom. The molecule has 5 nitrogen and oxygen atoms in total. The van der Waals surface area contributed by atoms with Gasteiger partial charge in [0.1, 0.15) is 11.6 Å². The third-order valence-corrected chi connectivity index (χ3v) is 4.72. The Bertz CT molecular complexity index is 455. The van der Waals surface area contributed by atoms with E-state index in [9.17, 15) is 0 Å². The van der Waals surface area contributed by atoms with Gasteiger partial charge in [0.2, 0.25) is 0 Å². The second kappa shape index (κ2) is 5.66. The van der Waals surface area contributed by atoms with Crippen molar-refractivity contribution in [1.82, 2.24) is 19.8 Å². The highest BCUT2D eigenvalue weighted by molar-refractivity contribution is 5.29. The fraction of sp³-hybridized carbons (Fsp3) is 0.733. The molecule has 5 heteroatoms. The largest absolute Gasteiger partial charge is 0.384 e. The first-order valence-electron chi connectivity index (χ1n) is 7.64. The fourth-order valence-electron chi connectivity index (χ4n) is 3.80. The molecule has 1 aromatic heterocycles. The van der Waals surface area contributed by atoms with Crippen LogP contribution in [0.4, 0.5) is 5.82 Å². The molecule has 0 spiro atoms. The van der Waals surface area contributed by atoms with Gasteiger partial charge < -0.3 is 10.6 Å². The van der Waals surface area contributed by atoms with E-state index in [0.717, 1.165) is 36.6 Å². The van der Waals surface area contributed by atoms with E-state index in [-0.39, 0.29) is 0 Å². The summed E-state index contributed by atoms with van der Waals surface area (Å²) in [5, 5.41) is 0. The first-order valence-corrected chi connectivity index (χ1v) is 7.64. The van der Waals surface area contributed by atoms with E-state index < -0.39 is 0 Å². The van der Waals surface area contributed by atoms with Crippen LogP contribution in [0.1, 0.15) is 30.8 Å². The van der Waals surface area contributed by atoms with Crippen molar-refractivity contribution in [2.75, 3.05) is 32.4 Å². The molecule has 2 saturated heterocycles. The van der Waals surface area contributed by atoms with Crippen molar-refractivity contribution in [2.24, 2.45) is 5.92 Å². The van der Waals surface area contributed by atoms with Gasteiger partial charge in [0.25, 0.3) is 0 Å². The molecule has 0 aliphatic carbocycles. The van der Waals surface area contributed by atoms with Gasteiger partial charge in [-0.25, -0.2) is 9.97 Å². The summed E-state index contributed by atoms with van der Waals surface area (Å²) in [6.45, 7) is 6.39. The Hall–Kier alpha value is -1.20. The smallest absolute Gasteiger partial charge is 0.144 e. The third-order valence-electron chi connectivity index (χ3n) is 4.72. The lowest BCUT2D eigenvalue weighted by molar-refractivity contribution is 0.0345. The third kappa shape index (κ3) is 2.94. The van der Waals surface area contributed by atoms with E-state index >= 15 is 0 Å². The van der Waals surface area contributed by atoms with Crippen LogP contribution in [0.15, 0.2) is 6.07 Å². The molecule has 2 atom stereocenters. The first-order chi connectivity index (χ1) is 9.61. The molecule has 2 fully saturated rings. The maximum Gasteiger partial charge on any atom is 0.144 e. The number of hydrogen-bond acceptors (Lipinski definition) is 5. The topological polar surface area (TPSA) is 58.3 Å². The summed E-state index contributed by atoms with van der Waals surface area (Å²) in [6.07, 6.45) is 3.96. The predicted octanol–water partition coefficient (Wildman–Crippen LogP) is 1.28. The van der Waals surface area contributed by atoms with Crippen LogP contribution in [0.3, 0.4) is 0 Å². The Balaban J connectivity index is 1.64. The summed E-state index contributed by atoms with van der Waals surface area (Å²) in [7, 11) is 2.27. The Morgan fingerprint density at radius 3 is 2.95 bits per heavy atom. The number of aryl methyl sites for hydroxylation is 1. The molecule has 0 bridgehead atoms. The van der Waals surface area contributed by atoms with E-state index in [1.165, 1.54) is 32.4 Å². The molecule has 20 heavy (non-hydrogen) atoms. The van der Waals surface area contributed by atoms with Gasteiger partial charge in [-0.15, -0.1) is 0 Å². The number of likely N-dealkylation sites (tertiary alicyclic amines) is 2. The van der Waals surface area contributed by atoms with Gasteiger partial charge in [-0.05, 0) is 45.7 Å². The van der Waals surface area contributed by atoms with Crippen molar-refractivity contribution in [2.45, 2.75) is 38.8 Å². The maximum absolute atomic E-state index is 5.81. The van der Waals surface area contributed by atoms with E-state index in [1.54, 1.807) is 0 Å². The van der Waals surface area contributed by atoms with Crippen molar-refractivity contribution in [3.05, 3.63) is 17.6 Å². The quantitative estimate of drug-likeness (QED) is 0.881. The predicted molar refractivity (Wildman–Crippen MR) is 80.2 cm³/mol. The van der Waals surface area contributed by atoms with Gasteiger partial charge in [0.05, 0.1) is 6.54 Å². The fourth-order valence-corrected chi connectivity index (χ4v) is 3.80. The van der Waals surface area contributed by atoms with Crippen LogP contribution in [0.25, 0.3) is 0 Å². The zero-order valence-corrected chi connectivity index (χ0v) is 12.5.